The van der Waals surface area contributed by atoms with E-state index in [9.17, 15) is 9.59 Å². The average molecular weight is 387 g/mol. The molecule has 1 atom stereocenters. The second kappa shape index (κ2) is 7.08. The van der Waals surface area contributed by atoms with Gasteiger partial charge in [0.05, 0.1) is 12.0 Å². The smallest absolute Gasteiger partial charge is 0.351 e. The van der Waals surface area contributed by atoms with Gasteiger partial charge in [0, 0.05) is 11.1 Å². The zero-order valence-corrected chi connectivity index (χ0v) is 15.5. The van der Waals surface area contributed by atoms with Crippen molar-refractivity contribution in [1.29, 1.82) is 0 Å². The van der Waals surface area contributed by atoms with Crippen molar-refractivity contribution in [3.05, 3.63) is 58.2 Å². The first kappa shape index (κ1) is 17.6. The van der Waals surface area contributed by atoms with Crippen LogP contribution in [0.3, 0.4) is 0 Å². The van der Waals surface area contributed by atoms with Crippen molar-refractivity contribution >= 4 is 17.5 Å². The third-order valence-corrected chi connectivity index (χ3v) is 4.95. The quantitative estimate of drug-likeness (QED) is 0.706. The zero-order valence-electron chi connectivity index (χ0n) is 14.8. The maximum atomic E-state index is 12.9. The third-order valence-electron chi connectivity index (χ3n) is 4.69. The van der Waals surface area contributed by atoms with Crippen LogP contribution in [0.1, 0.15) is 19.8 Å². The lowest BCUT2D eigenvalue weighted by Crippen LogP contribution is -2.38. The molecule has 0 radical (unpaired) electrons. The van der Waals surface area contributed by atoms with E-state index in [-0.39, 0.29) is 18.5 Å². The summed E-state index contributed by atoms with van der Waals surface area (Å²) in [5.74, 6) is 1.03. The Kier molecular flexibility index (Phi) is 4.61. The minimum absolute atomic E-state index is 0.103. The van der Waals surface area contributed by atoms with Gasteiger partial charge in [0.2, 0.25) is 11.7 Å². The molecule has 1 saturated carbocycles. The van der Waals surface area contributed by atoms with Crippen molar-refractivity contribution in [2.24, 2.45) is 5.92 Å². The monoisotopic (exact) mass is 386 g/mol. The molecule has 0 spiro atoms. The fourth-order valence-corrected chi connectivity index (χ4v) is 3.16. The Morgan fingerprint density at radius 1 is 1.33 bits per heavy atom. The molecule has 4 rings (SSSR count). The maximum Gasteiger partial charge on any atom is 0.351 e. The summed E-state index contributed by atoms with van der Waals surface area (Å²) in [6.07, 6.45) is 3.77. The third kappa shape index (κ3) is 3.68. The van der Waals surface area contributed by atoms with Gasteiger partial charge in [-0.3, -0.25) is 9.36 Å². The summed E-state index contributed by atoms with van der Waals surface area (Å²) in [6.45, 7) is 1.86. The van der Waals surface area contributed by atoms with Gasteiger partial charge in [0.25, 0.3) is 0 Å². The molecular weight excluding hydrogens is 368 g/mol. The molecule has 0 saturated heterocycles. The number of nitrogens with zero attached hydrogens (tertiary/aromatic N) is 3. The second-order valence-corrected chi connectivity index (χ2v) is 7.19. The molecule has 3 aromatic rings. The van der Waals surface area contributed by atoms with E-state index < -0.39 is 5.69 Å². The van der Waals surface area contributed by atoms with Crippen molar-refractivity contribution in [2.75, 3.05) is 0 Å². The Morgan fingerprint density at radius 3 is 2.70 bits per heavy atom. The minimum Gasteiger partial charge on any atom is -0.461 e. The van der Waals surface area contributed by atoms with Crippen LogP contribution in [0.2, 0.25) is 5.02 Å². The number of nitrogens with one attached hydrogen (secondary N) is 1. The molecule has 1 fully saturated rings. The first-order chi connectivity index (χ1) is 13.0. The predicted molar refractivity (Wildman–Crippen MR) is 101 cm³/mol. The zero-order chi connectivity index (χ0) is 19.0. The number of hydrogen-bond donors (Lipinski definition) is 1. The number of furan rings is 1. The van der Waals surface area contributed by atoms with Crippen molar-refractivity contribution < 1.29 is 9.21 Å². The number of halogens is 1. The highest BCUT2D eigenvalue weighted by atomic mass is 35.5. The molecule has 27 heavy (non-hydrogen) atoms. The summed E-state index contributed by atoms with van der Waals surface area (Å²) < 4.78 is 7.97. The molecule has 7 nitrogen and oxygen atoms in total. The van der Waals surface area contributed by atoms with Gasteiger partial charge in [-0.25, -0.2) is 4.79 Å². The SMILES string of the molecule is C[C@@H](NC(=O)Cn1c(-c2ccco2)nn(-c2ccc(Cl)cc2)c1=O)C1CC1. The molecule has 8 heteroatoms. The van der Waals surface area contributed by atoms with Crippen LogP contribution >= 0.6 is 11.6 Å². The summed E-state index contributed by atoms with van der Waals surface area (Å²) in [5.41, 5.74) is 0.140. The van der Waals surface area contributed by atoms with Gasteiger partial charge in [-0.2, -0.15) is 4.68 Å². The van der Waals surface area contributed by atoms with Crippen LogP contribution < -0.4 is 11.0 Å². The summed E-state index contributed by atoms with van der Waals surface area (Å²) in [4.78, 5) is 25.4. The van der Waals surface area contributed by atoms with E-state index >= 15 is 0 Å². The number of rotatable bonds is 6. The summed E-state index contributed by atoms with van der Waals surface area (Å²) >= 11 is 5.92. The molecule has 1 aromatic carbocycles. The fourth-order valence-electron chi connectivity index (χ4n) is 3.03. The summed E-state index contributed by atoms with van der Waals surface area (Å²) in [5, 5.41) is 7.91. The Morgan fingerprint density at radius 2 is 2.07 bits per heavy atom. The Balaban J connectivity index is 1.69. The van der Waals surface area contributed by atoms with Gasteiger partial charge in [-0.1, -0.05) is 11.6 Å². The van der Waals surface area contributed by atoms with Gasteiger partial charge < -0.3 is 9.73 Å². The first-order valence-electron chi connectivity index (χ1n) is 8.82. The Hall–Kier alpha value is -2.80. The number of carbonyl (C=O) groups is 1. The normalized spacial score (nSPS) is 14.9. The lowest BCUT2D eigenvalue weighted by atomic mass is 10.2. The van der Waals surface area contributed by atoms with E-state index in [1.54, 1.807) is 36.4 Å². The molecule has 0 aliphatic heterocycles. The topological polar surface area (TPSA) is 82.1 Å². The molecule has 2 heterocycles. The molecule has 1 aliphatic rings. The van der Waals surface area contributed by atoms with Gasteiger partial charge in [-0.15, -0.1) is 5.10 Å². The Labute approximate surface area is 160 Å². The highest BCUT2D eigenvalue weighted by Crippen LogP contribution is 2.32. The van der Waals surface area contributed by atoms with Crippen LogP contribution in [0, 0.1) is 5.92 Å². The summed E-state index contributed by atoms with van der Waals surface area (Å²) in [7, 11) is 0. The van der Waals surface area contributed by atoms with E-state index in [4.69, 9.17) is 16.0 Å². The highest BCUT2D eigenvalue weighted by molar-refractivity contribution is 6.30. The van der Waals surface area contributed by atoms with Crippen LogP contribution in [0.4, 0.5) is 0 Å². The van der Waals surface area contributed by atoms with Crippen LogP contribution in [-0.2, 0) is 11.3 Å². The predicted octanol–water partition coefficient (Wildman–Crippen LogP) is 2.86. The van der Waals surface area contributed by atoms with Gasteiger partial charge in [-0.05, 0) is 62.1 Å². The van der Waals surface area contributed by atoms with E-state index in [1.807, 2.05) is 6.92 Å². The molecule has 0 unspecified atom stereocenters. The number of benzene rings is 1. The van der Waals surface area contributed by atoms with E-state index in [0.717, 1.165) is 12.8 Å². The molecule has 0 bridgehead atoms. The molecular formula is C19H19ClN4O3. The van der Waals surface area contributed by atoms with Gasteiger partial charge >= 0.3 is 5.69 Å². The lowest BCUT2D eigenvalue weighted by molar-refractivity contribution is -0.122. The standard InChI is InChI=1S/C19H19ClN4O3/c1-12(13-4-5-13)21-17(25)11-23-18(16-3-2-10-27-16)22-24(19(23)26)15-8-6-14(20)7-9-15/h2-3,6-10,12-13H,4-5,11H2,1H3,(H,21,25)/t12-/m1/s1. The maximum absolute atomic E-state index is 12.9. The van der Waals surface area contributed by atoms with Crippen molar-refractivity contribution in [1.82, 2.24) is 19.7 Å². The highest BCUT2D eigenvalue weighted by Gasteiger charge is 2.29. The number of carbonyl (C=O) groups excluding carboxylic acids is 1. The van der Waals surface area contributed by atoms with Crippen LogP contribution in [0.15, 0.2) is 51.9 Å². The van der Waals surface area contributed by atoms with E-state index in [0.29, 0.717) is 28.2 Å². The average Bonchev–Trinajstić information content (AvgIpc) is 3.28. The van der Waals surface area contributed by atoms with E-state index in [2.05, 4.69) is 10.4 Å². The number of hydrogen-bond acceptors (Lipinski definition) is 4. The molecule has 1 N–H and O–H groups in total. The first-order valence-corrected chi connectivity index (χ1v) is 9.20. The van der Waals surface area contributed by atoms with Crippen LogP contribution in [-0.4, -0.2) is 26.3 Å². The second-order valence-electron chi connectivity index (χ2n) is 6.75. The van der Waals surface area contributed by atoms with Crippen LogP contribution in [0.5, 0.6) is 0 Å². The number of amides is 1. The number of aromatic nitrogens is 3. The van der Waals surface area contributed by atoms with Crippen molar-refractivity contribution in [3.63, 3.8) is 0 Å². The molecule has 1 aliphatic carbocycles. The van der Waals surface area contributed by atoms with Crippen molar-refractivity contribution in [3.8, 4) is 17.3 Å². The largest absolute Gasteiger partial charge is 0.461 e. The fraction of sp³-hybridized carbons (Fsp3) is 0.316. The molecule has 1 amide bonds. The summed E-state index contributed by atoms with van der Waals surface area (Å²) in [6, 6.07) is 10.3. The lowest BCUT2D eigenvalue weighted by Gasteiger charge is -2.13. The Bertz CT molecular complexity index is 1000. The minimum atomic E-state index is -0.419. The van der Waals surface area contributed by atoms with Gasteiger partial charge in [0.1, 0.15) is 6.54 Å². The van der Waals surface area contributed by atoms with E-state index in [1.165, 1.54) is 15.5 Å². The van der Waals surface area contributed by atoms with Crippen LogP contribution in [0.25, 0.3) is 17.3 Å². The van der Waals surface area contributed by atoms with Gasteiger partial charge in [0.15, 0.2) is 5.76 Å². The van der Waals surface area contributed by atoms with Crippen molar-refractivity contribution in [2.45, 2.75) is 32.4 Å². The molecule has 140 valence electrons. The molecule has 2 aromatic heterocycles.